The highest BCUT2D eigenvalue weighted by Crippen LogP contribution is 2.33. The molecular formula is C13H21N3S. The van der Waals surface area contributed by atoms with Gasteiger partial charge in [0.25, 0.3) is 0 Å². The lowest BCUT2D eigenvalue weighted by Crippen LogP contribution is -2.32. The molecule has 3 heterocycles. The number of aryl methyl sites for hydroxylation is 1. The number of likely N-dealkylation sites (tertiary alicyclic amines) is 1. The van der Waals surface area contributed by atoms with Gasteiger partial charge in [0.2, 0.25) is 0 Å². The molecule has 0 aromatic carbocycles. The highest BCUT2D eigenvalue weighted by Gasteiger charge is 2.41. The average Bonchev–Trinajstić information content (AvgIpc) is 3.00. The Morgan fingerprint density at radius 2 is 2.41 bits per heavy atom. The molecular weight excluding hydrogens is 230 g/mol. The van der Waals surface area contributed by atoms with Gasteiger partial charge in [0, 0.05) is 24.5 Å². The Morgan fingerprint density at radius 1 is 1.53 bits per heavy atom. The van der Waals surface area contributed by atoms with Gasteiger partial charge in [0.1, 0.15) is 0 Å². The molecule has 2 fully saturated rings. The zero-order chi connectivity index (χ0) is 11.8. The van der Waals surface area contributed by atoms with E-state index in [-0.39, 0.29) is 0 Å². The summed E-state index contributed by atoms with van der Waals surface area (Å²) in [6, 6.07) is 0.710. The normalized spacial score (nSPS) is 33.2. The van der Waals surface area contributed by atoms with Crippen molar-refractivity contribution >= 4 is 11.3 Å². The molecule has 0 radical (unpaired) electrons. The van der Waals surface area contributed by atoms with E-state index < -0.39 is 0 Å². The van der Waals surface area contributed by atoms with Gasteiger partial charge in [0.15, 0.2) is 0 Å². The monoisotopic (exact) mass is 251 g/mol. The van der Waals surface area contributed by atoms with E-state index >= 15 is 0 Å². The Morgan fingerprint density at radius 3 is 3.12 bits per heavy atom. The molecule has 0 bridgehead atoms. The predicted octanol–water partition coefficient (Wildman–Crippen LogP) is 1.75. The molecule has 0 aliphatic carbocycles. The van der Waals surface area contributed by atoms with Gasteiger partial charge in [-0.1, -0.05) is 6.92 Å². The maximum Gasteiger partial charge on any atom is 0.0926 e. The molecule has 0 amide bonds. The van der Waals surface area contributed by atoms with Crippen LogP contribution in [0.5, 0.6) is 0 Å². The molecule has 2 aliphatic rings. The quantitative estimate of drug-likeness (QED) is 0.887. The van der Waals surface area contributed by atoms with Crippen LogP contribution in [-0.4, -0.2) is 35.6 Å². The van der Waals surface area contributed by atoms with Crippen molar-refractivity contribution in [2.75, 3.05) is 19.6 Å². The lowest BCUT2D eigenvalue weighted by molar-refractivity contribution is 0.229. The largest absolute Gasteiger partial charge is 0.316 e. The first kappa shape index (κ1) is 11.6. The van der Waals surface area contributed by atoms with E-state index in [0.717, 1.165) is 24.8 Å². The van der Waals surface area contributed by atoms with Crippen molar-refractivity contribution < 1.29 is 0 Å². The molecule has 17 heavy (non-hydrogen) atoms. The van der Waals surface area contributed by atoms with Crippen LogP contribution in [0.15, 0.2) is 5.38 Å². The molecule has 1 aromatic heterocycles. The zero-order valence-corrected chi connectivity index (χ0v) is 11.5. The van der Waals surface area contributed by atoms with E-state index in [9.17, 15) is 0 Å². The van der Waals surface area contributed by atoms with Crippen molar-refractivity contribution in [1.29, 1.82) is 0 Å². The fourth-order valence-corrected chi connectivity index (χ4v) is 3.99. The van der Waals surface area contributed by atoms with E-state index in [1.54, 1.807) is 11.3 Å². The third-order valence-electron chi connectivity index (χ3n) is 4.32. The van der Waals surface area contributed by atoms with Crippen LogP contribution in [0, 0.1) is 11.8 Å². The number of rotatable bonds is 3. The Kier molecular flexibility index (Phi) is 3.19. The van der Waals surface area contributed by atoms with Crippen LogP contribution in [0.3, 0.4) is 0 Å². The average molecular weight is 251 g/mol. The van der Waals surface area contributed by atoms with Gasteiger partial charge < -0.3 is 5.32 Å². The van der Waals surface area contributed by atoms with Crippen LogP contribution < -0.4 is 5.32 Å². The number of hydrogen-bond acceptors (Lipinski definition) is 4. The van der Waals surface area contributed by atoms with Gasteiger partial charge in [-0.2, -0.15) is 0 Å². The fraction of sp³-hybridized carbons (Fsp3) is 0.769. The molecule has 1 N–H and O–H groups in total. The number of thiazole rings is 1. The van der Waals surface area contributed by atoms with E-state index in [4.69, 9.17) is 0 Å². The summed E-state index contributed by atoms with van der Waals surface area (Å²) >= 11 is 1.81. The Labute approximate surface area is 107 Å². The molecule has 2 saturated heterocycles. The first-order valence-electron chi connectivity index (χ1n) is 6.66. The molecule has 3 atom stereocenters. The van der Waals surface area contributed by atoms with Crippen LogP contribution in [0.1, 0.15) is 24.5 Å². The van der Waals surface area contributed by atoms with Gasteiger partial charge in [0.05, 0.1) is 10.7 Å². The summed E-state index contributed by atoms with van der Waals surface area (Å²) in [7, 11) is 0. The Balaban J connectivity index is 1.66. The SMILES string of the molecule is CCc1nc(CN2CC3CNCC3C2C)cs1. The van der Waals surface area contributed by atoms with Crippen molar-refractivity contribution in [2.24, 2.45) is 11.8 Å². The first-order chi connectivity index (χ1) is 8.28. The van der Waals surface area contributed by atoms with Crippen molar-refractivity contribution in [2.45, 2.75) is 32.9 Å². The van der Waals surface area contributed by atoms with Crippen LogP contribution in [0.25, 0.3) is 0 Å². The Bertz CT molecular complexity index is 390. The second-order valence-electron chi connectivity index (χ2n) is 5.34. The van der Waals surface area contributed by atoms with Gasteiger partial charge in [-0.05, 0) is 38.3 Å². The topological polar surface area (TPSA) is 28.2 Å². The molecule has 3 unspecified atom stereocenters. The van der Waals surface area contributed by atoms with Crippen molar-refractivity contribution in [1.82, 2.24) is 15.2 Å². The van der Waals surface area contributed by atoms with Crippen molar-refractivity contribution in [3.63, 3.8) is 0 Å². The van der Waals surface area contributed by atoms with E-state index in [1.807, 2.05) is 0 Å². The minimum atomic E-state index is 0.710. The number of fused-ring (bicyclic) bond motifs is 1. The second-order valence-corrected chi connectivity index (χ2v) is 6.28. The second kappa shape index (κ2) is 4.67. The van der Waals surface area contributed by atoms with E-state index in [0.29, 0.717) is 6.04 Å². The van der Waals surface area contributed by atoms with Crippen LogP contribution in [0.4, 0.5) is 0 Å². The van der Waals surface area contributed by atoms with Crippen LogP contribution >= 0.6 is 11.3 Å². The molecule has 94 valence electrons. The van der Waals surface area contributed by atoms with E-state index in [1.165, 1.54) is 30.3 Å². The third kappa shape index (κ3) is 2.14. The third-order valence-corrected chi connectivity index (χ3v) is 5.37. The lowest BCUT2D eigenvalue weighted by atomic mass is 9.95. The van der Waals surface area contributed by atoms with Crippen molar-refractivity contribution in [3.05, 3.63) is 16.1 Å². The summed E-state index contributed by atoms with van der Waals surface area (Å²) < 4.78 is 0. The van der Waals surface area contributed by atoms with Crippen LogP contribution in [-0.2, 0) is 13.0 Å². The predicted molar refractivity (Wildman–Crippen MR) is 71.2 cm³/mol. The molecule has 0 saturated carbocycles. The van der Waals surface area contributed by atoms with Crippen molar-refractivity contribution in [3.8, 4) is 0 Å². The van der Waals surface area contributed by atoms with Gasteiger partial charge in [-0.15, -0.1) is 11.3 Å². The summed E-state index contributed by atoms with van der Waals surface area (Å²) in [5, 5.41) is 7.02. The minimum absolute atomic E-state index is 0.710. The molecule has 4 heteroatoms. The summed E-state index contributed by atoms with van der Waals surface area (Å²) in [5.74, 6) is 1.73. The summed E-state index contributed by atoms with van der Waals surface area (Å²) in [6.45, 7) is 9.27. The highest BCUT2D eigenvalue weighted by atomic mass is 32.1. The zero-order valence-electron chi connectivity index (χ0n) is 10.6. The summed E-state index contributed by atoms with van der Waals surface area (Å²) in [5.41, 5.74) is 1.27. The number of aromatic nitrogens is 1. The van der Waals surface area contributed by atoms with Gasteiger partial charge in [-0.25, -0.2) is 4.98 Å². The number of nitrogens with zero attached hydrogens (tertiary/aromatic N) is 2. The van der Waals surface area contributed by atoms with E-state index in [2.05, 4.69) is 34.4 Å². The lowest BCUT2D eigenvalue weighted by Gasteiger charge is -2.23. The summed E-state index contributed by atoms with van der Waals surface area (Å²) in [6.07, 6.45) is 1.06. The van der Waals surface area contributed by atoms with Crippen LogP contribution in [0.2, 0.25) is 0 Å². The van der Waals surface area contributed by atoms with Gasteiger partial charge >= 0.3 is 0 Å². The summed E-state index contributed by atoms with van der Waals surface area (Å²) in [4.78, 5) is 7.30. The number of hydrogen-bond donors (Lipinski definition) is 1. The standard InChI is InChI=1S/C13H21N3S/c1-3-13-15-11(8-17-13)7-16-6-10-4-14-5-12(10)9(16)2/h8-10,12,14H,3-7H2,1-2H3. The Hall–Kier alpha value is -0.450. The first-order valence-corrected chi connectivity index (χ1v) is 7.54. The molecule has 1 aromatic rings. The molecule has 2 aliphatic heterocycles. The maximum atomic E-state index is 4.68. The molecule has 3 nitrogen and oxygen atoms in total. The van der Waals surface area contributed by atoms with Gasteiger partial charge in [-0.3, -0.25) is 4.90 Å². The molecule has 3 rings (SSSR count). The minimum Gasteiger partial charge on any atom is -0.316 e. The highest BCUT2D eigenvalue weighted by molar-refractivity contribution is 7.09. The smallest absolute Gasteiger partial charge is 0.0926 e. The number of nitrogens with one attached hydrogen (secondary N) is 1. The fourth-order valence-electron chi connectivity index (χ4n) is 3.26. The maximum absolute atomic E-state index is 4.68. The molecule has 0 spiro atoms.